The van der Waals surface area contributed by atoms with E-state index in [1.807, 2.05) is 0 Å². The number of hydrogen-bond acceptors (Lipinski definition) is 3. The minimum absolute atomic E-state index is 0.216. The smallest absolute Gasteiger partial charge is 0.412 e. The van der Waals surface area contributed by atoms with Crippen LogP contribution in [0.1, 0.15) is 31.1 Å². The molecule has 0 spiro atoms. The summed E-state index contributed by atoms with van der Waals surface area (Å²) >= 11 is 12.0. The van der Waals surface area contributed by atoms with Gasteiger partial charge < -0.3 is 9.64 Å². The van der Waals surface area contributed by atoms with E-state index in [2.05, 4.69) is 5.32 Å². The van der Waals surface area contributed by atoms with Gasteiger partial charge in [-0.2, -0.15) is 0 Å². The van der Waals surface area contributed by atoms with Crippen molar-refractivity contribution < 1.29 is 14.3 Å². The zero-order chi connectivity index (χ0) is 16.4. The molecule has 0 aliphatic carbocycles. The molecule has 0 saturated heterocycles. The van der Waals surface area contributed by atoms with E-state index in [0.717, 1.165) is 0 Å². The highest BCUT2D eigenvalue weighted by Crippen LogP contribution is 2.30. The van der Waals surface area contributed by atoms with E-state index in [1.165, 1.54) is 17.0 Å². The second kappa shape index (κ2) is 6.54. The number of halogens is 2. The normalized spacial score (nSPS) is 11.0. The van der Waals surface area contributed by atoms with Crippen molar-refractivity contribution in [3.8, 4) is 0 Å². The van der Waals surface area contributed by atoms with Crippen LogP contribution in [0.2, 0.25) is 10.0 Å². The summed E-state index contributed by atoms with van der Waals surface area (Å²) in [6, 6.07) is 2.84. The molecule has 0 aromatic heterocycles. The summed E-state index contributed by atoms with van der Waals surface area (Å²) in [5, 5.41) is 2.95. The third kappa shape index (κ3) is 5.10. The number of ether oxygens (including phenoxy) is 1. The van der Waals surface area contributed by atoms with Gasteiger partial charge in [-0.3, -0.25) is 10.1 Å². The van der Waals surface area contributed by atoms with E-state index in [0.29, 0.717) is 0 Å². The second-order valence-electron chi connectivity index (χ2n) is 5.64. The highest BCUT2D eigenvalue weighted by molar-refractivity contribution is 6.38. The molecule has 0 bridgehead atoms. The summed E-state index contributed by atoms with van der Waals surface area (Å²) in [5.41, 5.74) is -0.122. The van der Waals surface area contributed by atoms with Crippen LogP contribution in [0.15, 0.2) is 12.1 Å². The highest BCUT2D eigenvalue weighted by Gasteiger charge is 2.20. The average Bonchev–Trinajstić information content (AvgIpc) is 2.29. The van der Waals surface area contributed by atoms with Gasteiger partial charge in [0, 0.05) is 14.1 Å². The molecule has 0 heterocycles. The lowest BCUT2D eigenvalue weighted by molar-refractivity contribution is 0.0635. The van der Waals surface area contributed by atoms with Gasteiger partial charge in [-0.1, -0.05) is 23.2 Å². The molecule has 0 unspecified atom stereocenters. The molecule has 0 atom stereocenters. The molecule has 0 fully saturated rings. The van der Waals surface area contributed by atoms with Crippen molar-refractivity contribution in [3.05, 3.63) is 27.7 Å². The van der Waals surface area contributed by atoms with Gasteiger partial charge in [0.1, 0.15) is 5.60 Å². The lowest BCUT2D eigenvalue weighted by atomic mass is 10.1. The van der Waals surface area contributed by atoms with Crippen molar-refractivity contribution in [2.75, 3.05) is 19.4 Å². The van der Waals surface area contributed by atoms with Crippen LogP contribution in [0.4, 0.5) is 10.5 Å². The molecular weight excluding hydrogens is 315 g/mol. The van der Waals surface area contributed by atoms with Crippen molar-refractivity contribution in [2.24, 2.45) is 0 Å². The van der Waals surface area contributed by atoms with Gasteiger partial charge >= 0.3 is 6.09 Å². The lowest BCUT2D eigenvalue weighted by Crippen LogP contribution is -2.27. The first-order chi connectivity index (χ1) is 9.51. The molecule has 0 aliphatic rings. The largest absolute Gasteiger partial charge is 0.444 e. The van der Waals surface area contributed by atoms with E-state index < -0.39 is 11.7 Å². The Balaban J connectivity index is 3.06. The number of nitrogens with zero attached hydrogens (tertiary/aromatic N) is 1. The molecule has 0 saturated carbocycles. The van der Waals surface area contributed by atoms with Crippen molar-refractivity contribution >= 4 is 40.9 Å². The first-order valence-corrected chi connectivity index (χ1v) is 6.97. The van der Waals surface area contributed by atoms with Crippen LogP contribution in [0, 0.1) is 0 Å². The fourth-order valence-electron chi connectivity index (χ4n) is 1.46. The predicted octanol–water partition coefficient (Wildman–Crippen LogP) is 4.04. The molecule has 0 radical (unpaired) electrons. The minimum atomic E-state index is -0.657. The van der Waals surface area contributed by atoms with Crippen LogP contribution in [0.3, 0.4) is 0 Å². The van der Waals surface area contributed by atoms with Gasteiger partial charge in [0.2, 0.25) is 0 Å². The molecule has 21 heavy (non-hydrogen) atoms. The number of anilines is 1. The number of hydrogen-bond donors (Lipinski definition) is 1. The van der Waals surface area contributed by atoms with Crippen molar-refractivity contribution in [1.82, 2.24) is 4.90 Å². The predicted molar refractivity (Wildman–Crippen MR) is 84.3 cm³/mol. The van der Waals surface area contributed by atoms with E-state index >= 15 is 0 Å². The third-order valence-corrected chi connectivity index (χ3v) is 2.95. The monoisotopic (exact) mass is 332 g/mol. The topological polar surface area (TPSA) is 58.6 Å². The van der Waals surface area contributed by atoms with Gasteiger partial charge in [-0.05, 0) is 32.9 Å². The summed E-state index contributed by atoms with van der Waals surface area (Å²) in [4.78, 5) is 25.1. The standard InChI is InChI=1S/C14H18Cl2N2O3/c1-14(2,3)21-13(20)17-11-6-8(12(19)18(4)5)9(15)7-10(11)16/h6-7H,1-5H3,(H,17,20). The molecule has 5 nitrogen and oxygen atoms in total. The maximum atomic E-state index is 12.0. The number of rotatable bonds is 2. The summed E-state index contributed by atoms with van der Waals surface area (Å²) in [5.74, 6) is -0.288. The number of carbonyl (C=O) groups excluding carboxylic acids is 2. The summed E-state index contributed by atoms with van der Waals surface area (Å²) in [7, 11) is 3.21. The summed E-state index contributed by atoms with van der Waals surface area (Å²) in [6.45, 7) is 5.24. The van der Waals surface area contributed by atoms with Gasteiger partial charge in [0.15, 0.2) is 0 Å². The number of benzene rings is 1. The van der Waals surface area contributed by atoms with E-state index in [-0.39, 0.29) is 27.2 Å². The number of amides is 2. The molecule has 2 amide bonds. The summed E-state index contributed by atoms with van der Waals surface area (Å²) < 4.78 is 5.14. The van der Waals surface area contributed by atoms with Gasteiger partial charge in [-0.25, -0.2) is 4.79 Å². The summed E-state index contributed by atoms with van der Waals surface area (Å²) in [6.07, 6.45) is -0.657. The second-order valence-corrected chi connectivity index (χ2v) is 6.45. The van der Waals surface area contributed by atoms with Crippen LogP contribution in [-0.4, -0.2) is 36.6 Å². The van der Waals surface area contributed by atoms with E-state index in [1.54, 1.807) is 34.9 Å². The average molecular weight is 333 g/mol. The molecule has 116 valence electrons. The van der Waals surface area contributed by atoms with Gasteiger partial charge in [-0.15, -0.1) is 0 Å². The third-order valence-electron chi connectivity index (χ3n) is 2.33. The Hall–Kier alpha value is -1.46. The van der Waals surface area contributed by atoms with E-state index in [4.69, 9.17) is 27.9 Å². The Bertz CT molecular complexity index is 566. The zero-order valence-corrected chi connectivity index (χ0v) is 14.1. The van der Waals surface area contributed by atoms with Gasteiger partial charge in [0.05, 0.1) is 21.3 Å². The van der Waals surface area contributed by atoms with Crippen molar-refractivity contribution in [3.63, 3.8) is 0 Å². The maximum absolute atomic E-state index is 12.0. The molecule has 7 heteroatoms. The Morgan fingerprint density at radius 2 is 1.71 bits per heavy atom. The fourth-order valence-corrected chi connectivity index (χ4v) is 1.97. The zero-order valence-electron chi connectivity index (χ0n) is 12.6. The molecule has 1 aromatic carbocycles. The highest BCUT2D eigenvalue weighted by atomic mass is 35.5. The Kier molecular flexibility index (Phi) is 5.48. The van der Waals surface area contributed by atoms with Crippen LogP contribution >= 0.6 is 23.2 Å². The SMILES string of the molecule is CN(C)C(=O)c1cc(NC(=O)OC(C)(C)C)c(Cl)cc1Cl. The molecule has 1 aromatic rings. The van der Waals surface area contributed by atoms with Crippen LogP contribution in [-0.2, 0) is 4.74 Å². The Morgan fingerprint density at radius 3 is 2.19 bits per heavy atom. The maximum Gasteiger partial charge on any atom is 0.412 e. The van der Waals surface area contributed by atoms with Crippen LogP contribution < -0.4 is 5.32 Å². The van der Waals surface area contributed by atoms with Crippen LogP contribution in [0.5, 0.6) is 0 Å². The van der Waals surface area contributed by atoms with Crippen LogP contribution in [0.25, 0.3) is 0 Å². The number of carbonyl (C=O) groups is 2. The van der Waals surface area contributed by atoms with E-state index in [9.17, 15) is 9.59 Å². The first kappa shape index (κ1) is 17.6. The van der Waals surface area contributed by atoms with Crippen molar-refractivity contribution in [1.29, 1.82) is 0 Å². The van der Waals surface area contributed by atoms with Crippen molar-refractivity contribution in [2.45, 2.75) is 26.4 Å². The molecule has 0 aliphatic heterocycles. The molecular formula is C14H18Cl2N2O3. The number of nitrogens with one attached hydrogen (secondary N) is 1. The fraction of sp³-hybridized carbons (Fsp3) is 0.429. The lowest BCUT2D eigenvalue weighted by Gasteiger charge is -2.20. The Labute approximate surface area is 134 Å². The molecule has 1 rings (SSSR count). The Morgan fingerprint density at radius 1 is 1.14 bits per heavy atom. The first-order valence-electron chi connectivity index (χ1n) is 6.22. The minimum Gasteiger partial charge on any atom is -0.444 e. The molecule has 1 N–H and O–H groups in total. The quantitative estimate of drug-likeness (QED) is 0.888. The van der Waals surface area contributed by atoms with Gasteiger partial charge in [0.25, 0.3) is 5.91 Å².